The molecule has 0 aliphatic rings. The van der Waals surface area contributed by atoms with Gasteiger partial charge in [0.15, 0.2) is 0 Å². The fourth-order valence-corrected chi connectivity index (χ4v) is 2.35. The molecule has 0 heterocycles. The summed E-state index contributed by atoms with van der Waals surface area (Å²) in [5.74, 6) is -0.0509. The first-order valence-corrected chi connectivity index (χ1v) is 7.85. The Balaban J connectivity index is 2.52. The van der Waals surface area contributed by atoms with Crippen LogP contribution < -0.4 is 5.32 Å². The minimum atomic E-state index is -0.101. The molecule has 22 heavy (non-hydrogen) atoms. The lowest BCUT2D eigenvalue weighted by Crippen LogP contribution is -2.41. The highest BCUT2D eigenvalue weighted by Gasteiger charge is 2.15. The van der Waals surface area contributed by atoms with Crippen molar-refractivity contribution in [2.45, 2.75) is 27.2 Å². The lowest BCUT2D eigenvalue weighted by atomic mass is 10.1. The van der Waals surface area contributed by atoms with Crippen LogP contribution in [0.4, 0.5) is 5.69 Å². The van der Waals surface area contributed by atoms with Crippen LogP contribution in [0.15, 0.2) is 24.3 Å². The maximum Gasteiger partial charge on any atom is 0.238 e. The van der Waals surface area contributed by atoms with Gasteiger partial charge in [0.05, 0.1) is 13.1 Å². The second kappa shape index (κ2) is 9.20. The van der Waals surface area contributed by atoms with E-state index in [0.29, 0.717) is 13.1 Å². The van der Waals surface area contributed by atoms with Crippen LogP contribution in [0.2, 0.25) is 0 Å². The number of hydrogen-bond acceptors (Lipinski definition) is 3. The molecule has 0 aromatic heterocycles. The van der Waals surface area contributed by atoms with E-state index in [1.165, 1.54) is 0 Å². The van der Waals surface area contributed by atoms with Crippen LogP contribution in [0.1, 0.15) is 26.3 Å². The first-order chi connectivity index (χ1) is 10.5. The van der Waals surface area contributed by atoms with Gasteiger partial charge in [0.25, 0.3) is 0 Å². The van der Waals surface area contributed by atoms with Gasteiger partial charge in [-0.1, -0.05) is 25.1 Å². The van der Waals surface area contributed by atoms with Gasteiger partial charge in [-0.2, -0.15) is 0 Å². The van der Waals surface area contributed by atoms with E-state index in [4.69, 9.17) is 0 Å². The summed E-state index contributed by atoms with van der Waals surface area (Å²) >= 11 is 0. The van der Waals surface area contributed by atoms with E-state index in [1.54, 1.807) is 16.8 Å². The van der Waals surface area contributed by atoms with E-state index in [0.717, 1.165) is 17.7 Å². The molecule has 0 saturated heterocycles. The summed E-state index contributed by atoms with van der Waals surface area (Å²) in [6.45, 7) is 7.81. The van der Waals surface area contributed by atoms with E-state index in [9.17, 15) is 9.59 Å². The highest BCUT2D eigenvalue weighted by atomic mass is 16.2. The number of likely N-dealkylation sites (N-methyl/N-ethyl adjacent to an activating group) is 2. The molecule has 0 bridgehead atoms. The molecule has 2 amide bonds. The van der Waals surface area contributed by atoms with Crippen molar-refractivity contribution in [2.75, 3.05) is 38.5 Å². The van der Waals surface area contributed by atoms with Crippen molar-refractivity contribution in [3.63, 3.8) is 0 Å². The number of carbonyl (C=O) groups excluding carboxylic acids is 2. The average Bonchev–Trinajstić information content (AvgIpc) is 2.48. The number of benzene rings is 1. The van der Waals surface area contributed by atoms with Crippen LogP contribution in [-0.2, 0) is 16.0 Å². The summed E-state index contributed by atoms with van der Waals surface area (Å²) < 4.78 is 0. The van der Waals surface area contributed by atoms with Crippen LogP contribution in [-0.4, -0.2) is 54.8 Å². The van der Waals surface area contributed by atoms with Crippen LogP contribution in [0.25, 0.3) is 0 Å². The highest BCUT2D eigenvalue weighted by molar-refractivity contribution is 5.93. The van der Waals surface area contributed by atoms with Gasteiger partial charge < -0.3 is 10.2 Å². The molecule has 0 aliphatic heterocycles. The SMILES string of the molecule is CCc1ccccc1NC(=O)CN(C)CC(=O)N(CC)CC. The van der Waals surface area contributed by atoms with Crippen LogP contribution in [0, 0.1) is 0 Å². The summed E-state index contributed by atoms with van der Waals surface area (Å²) in [7, 11) is 1.78. The Bertz CT molecular complexity index is 498. The lowest BCUT2D eigenvalue weighted by Gasteiger charge is -2.22. The number of carbonyl (C=O) groups is 2. The second-order valence-corrected chi connectivity index (χ2v) is 5.30. The Morgan fingerprint density at radius 3 is 2.27 bits per heavy atom. The minimum Gasteiger partial charge on any atom is -0.342 e. The number of para-hydroxylation sites is 1. The monoisotopic (exact) mass is 305 g/mol. The normalized spacial score (nSPS) is 10.6. The fraction of sp³-hybridized carbons (Fsp3) is 0.529. The van der Waals surface area contributed by atoms with Crippen LogP contribution >= 0.6 is 0 Å². The van der Waals surface area contributed by atoms with Gasteiger partial charge in [0.1, 0.15) is 0 Å². The number of nitrogens with zero attached hydrogens (tertiary/aromatic N) is 2. The number of aryl methyl sites for hydroxylation is 1. The van der Waals surface area contributed by atoms with E-state index in [1.807, 2.05) is 38.1 Å². The van der Waals surface area contributed by atoms with Crippen molar-refractivity contribution in [3.05, 3.63) is 29.8 Å². The van der Waals surface area contributed by atoms with E-state index in [2.05, 4.69) is 12.2 Å². The molecule has 1 aromatic carbocycles. The first kappa shape index (κ1) is 18.2. The molecular weight excluding hydrogens is 278 g/mol. The molecule has 0 radical (unpaired) electrons. The van der Waals surface area contributed by atoms with Gasteiger partial charge in [-0.25, -0.2) is 0 Å². The van der Waals surface area contributed by atoms with Gasteiger partial charge in [-0.05, 0) is 38.9 Å². The summed E-state index contributed by atoms with van der Waals surface area (Å²) in [4.78, 5) is 27.6. The number of anilines is 1. The number of rotatable bonds is 8. The Hall–Kier alpha value is -1.88. The molecular formula is C17H27N3O2. The molecule has 122 valence electrons. The minimum absolute atomic E-state index is 0.0502. The third-order valence-corrected chi connectivity index (χ3v) is 3.61. The molecule has 0 saturated carbocycles. The van der Waals surface area contributed by atoms with Crippen molar-refractivity contribution >= 4 is 17.5 Å². The molecule has 0 atom stereocenters. The third kappa shape index (κ3) is 5.48. The Labute approximate surface area is 133 Å². The van der Waals surface area contributed by atoms with E-state index in [-0.39, 0.29) is 24.9 Å². The van der Waals surface area contributed by atoms with Gasteiger partial charge >= 0.3 is 0 Å². The molecule has 0 aliphatic carbocycles. The quantitative estimate of drug-likeness (QED) is 0.799. The molecule has 1 aromatic rings. The average molecular weight is 305 g/mol. The molecule has 5 heteroatoms. The Morgan fingerprint density at radius 1 is 1.05 bits per heavy atom. The predicted molar refractivity (Wildman–Crippen MR) is 89.9 cm³/mol. The Kier molecular flexibility index (Phi) is 7.60. The van der Waals surface area contributed by atoms with Crippen LogP contribution in [0.5, 0.6) is 0 Å². The molecule has 0 unspecified atom stereocenters. The number of amides is 2. The van der Waals surface area contributed by atoms with Crippen LogP contribution in [0.3, 0.4) is 0 Å². The van der Waals surface area contributed by atoms with Crippen molar-refractivity contribution in [1.82, 2.24) is 9.80 Å². The van der Waals surface area contributed by atoms with Gasteiger partial charge in [-0.3, -0.25) is 14.5 Å². The third-order valence-electron chi connectivity index (χ3n) is 3.61. The second-order valence-electron chi connectivity index (χ2n) is 5.30. The van der Waals surface area contributed by atoms with Crippen molar-refractivity contribution in [1.29, 1.82) is 0 Å². The smallest absolute Gasteiger partial charge is 0.238 e. The Morgan fingerprint density at radius 2 is 1.68 bits per heavy atom. The maximum absolute atomic E-state index is 12.1. The number of hydrogen-bond donors (Lipinski definition) is 1. The lowest BCUT2D eigenvalue weighted by molar-refractivity contribution is -0.132. The van der Waals surface area contributed by atoms with E-state index >= 15 is 0 Å². The largest absolute Gasteiger partial charge is 0.342 e. The zero-order valence-electron chi connectivity index (χ0n) is 14.1. The summed E-state index contributed by atoms with van der Waals surface area (Å²) in [6, 6.07) is 7.77. The molecule has 1 rings (SSSR count). The zero-order valence-corrected chi connectivity index (χ0v) is 14.1. The van der Waals surface area contributed by atoms with Crippen molar-refractivity contribution < 1.29 is 9.59 Å². The summed E-state index contributed by atoms with van der Waals surface area (Å²) in [5.41, 5.74) is 1.95. The van der Waals surface area contributed by atoms with E-state index < -0.39 is 0 Å². The number of nitrogens with one attached hydrogen (secondary N) is 1. The molecule has 1 N–H and O–H groups in total. The first-order valence-electron chi connectivity index (χ1n) is 7.85. The summed E-state index contributed by atoms with van der Waals surface area (Å²) in [5, 5.41) is 2.92. The topological polar surface area (TPSA) is 52.7 Å². The molecule has 0 fully saturated rings. The van der Waals surface area contributed by atoms with Gasteiger partial charge in [0.2, 0.25) is 11.8 Å². The fourth-order valence-electron chi connectivity index (χ4n) is 2.35. The van der Waals surface area contributed by atoms with Crippen molar-refractivity contribution in [2.24, 2.45) is 0 Å². The predicted octanol–water partition coefficient (Wildman–Crippen LogP) is 1.99. The molecule has 5 nitrogen and oxygen atoms in total. The van der Waals surface area contributed by atoms with Crippen molar-refractivity contribution in [3.8, 4) is 0 Å². The highest BCUT2D eigenvalue weighted by Crippen LogP contribution is 2.15. The maximum atomic E-state index is 12.1. The zero-order chi connectivity index (χ0) is 16.5. The van der Waals surface area contributed by atoms with Gasteiger partial charge in [-0.15, -0.1) is 0 Å². The molecule has 0 spiro atoms. The van der Waals surface area contributed by atoms with Gasteiger partial charge in [0, 0.05) is 18.8 Å². The summed E-state index contributed by atoms with van der Waals surface area (Å²) in [6.07, 6.45) is 0.868. The standard InChI is InChI=1S/C17H27N3O2/c1-5-14-10-8-9-11-15(14)18-16(21)12-19(4)13-17(22)20(6-2)7-3/h8-11H,5-7,12-13H2,1-4H3,(H,18,21).